The maximum Gasteiger partial charge on any atom is 0.270 e. The summed E-state index contributed by atoms with van der Waals surface area (Å²) in [7, 11) is 4.10. The van der Waals surface area contributed by atoms with Gasteiger partial charge in [0.15, 0.2) is 0 Å². The fraction of sp³-hybridized carbons (Fsp3) is 0.471. The van der Waals surface area contributed by atoms with E-state index in [1.54, 1.807) is 0 Å². The predicted octanol–water partition coefficient (Wildman–Crippen LogP) is 7.56. The Hall–Kier alpha value is -3.09. The van der Waals surface area contributed by atoms with Crippen LogP contribution in [0.1, 0.15) is 67.4 Å². The number of aryl methyl sites for hydroxylation is 1. The van der Waals surface area contributed by atoms with Crippen LogP contribution in [0.3, 0.4) is 0 Å². The summed E-state index contributed by atoms with van der Waals surface area (Å²) in [4.78, 5) is 20.4. The van der Waals surface area contributed by atoms with Crippen molar-refractivity contribution in [2.24, 2.45) is 5.92 Å². The Bertz CT molecular complexity index is 1350. The van der Waals surface area contributed by atoms with Crippen LogP contribution in [0.15, 0.2) is 48.5 Å². The Morgan fingerprint density at radius 1 is 0.976 bits per heavy atom. The normalized spacial score (nSPS) is 15.6. The van der Waals surface area contributed by atoms with E-state index in [-0.39, 0.29) is 11.9 Å². The van der Waals surface area contributed by atoms with Crippen LogP contribution in [0.25, 0.3) is 22.4 Å². The number of nitrogens with one attached hydrogen (secondary N) is 1. The van der Waals surface area contributed by atoms with Gasteiger partial charge in [0.25, 0.3) is 5.91 Å². The van der Waals surface area contributed by atoms with Crippen molar-refractivity contribution in [3.63, 3.8) is 0 Å². The van der Waals surface area contributed by atoms with Gasteiger partial charge in [-0.2, -0.15) is 0 Å². The summed E-state index contributed by atoms with van der Waals surface area (Å²) in [6.07, 6.45) is 8.97. The second-order valence-electron chi connectivity index (χ2n) is 11.8. The SMILES string of the molecule is Cc1ccc(OCC2CC2)cc1-c1ccc(C(=O)NC2CCCCC2)nc1-c1ccc(Cl)c(OCCCN(C)C)c1. The zero-order valence-corrected chi connectivity index (χ0v) is 25.3. The molecule has 2 fully saturated rings. The summed E-state index contributed by atoms with van der Waals surface area (Å²) in [5, 5.41) is 3.77. The second-order valence-corrected chi connectivity index (χ2v) is 12.2. The Balaban J connectivity index is 1.49. The fourth-order valence-corrected chi connectivity index (χ4v) is 5.51. The first kappa shape index (κ1) is 29.4. The highest BCUT2D eigenvalue weighted by molar-refractivity contribution is 6.32. The van der Waals surface area contributed by atoms with Gasteiger partial charge in [-0.15, -0.1) is 0 Å². The average molecular weight is 576 g/mol. The number of aromatic nitrogens is 1. The molecule has 2 aliphatic rings. The van der Waals surface area contributed by atoms with E-state index in [0.29, 0.717) is 29.0 Å². The summed E-state index contributed by atoms with van der Waals surface area (Å²) >= 11 is 6.55. The van der Waals surface area contributed by atoms with E-state index in [1.165, 1.54) is 19.3 Å². The van der Waals surface area contributed by atoms with Gasteiger partial charge >= 0.3 is 0 Å². The zero-order valence-electron chi connectivity index (χ0n) is 24.5. The Morgan fingerprint density at radius 2 is 1.78 bits per heavy atom. The number of rotatable bonds is 12. The molecular formula is C34H42ClN3O3. The molecule has 0 atom stereocenters. The third-order valence-electron chi connectivity index (χ3n) is 7.96. The van der Waals surface area contributed by atoms with Gasteiger partial charge in [-0.3, -0.25) is 4.79 Å². The quantitative estimate of drug-likeness (QED) is 0.226. The molecule has 0 radical (unpaired) electrons. The third-order valence-corrected chi connectivity index (χ3v) is 8.27. The van der Waals surface area contributed by atoms with Crippen molar-refractivity contribution in [2.75, 3.05) is 33.9 Å². The maximum atomic E-state index is 13.3. The number of halogens is 1. The van der Waals surface area contributed by atoms with Crippen LogP contribution in [-0.4, -0.2) is 55.7 Å². The molecule has 7 heteroatoms. The van der Waals surface area contributed by atoms with Crippen molar-refractivity contribution < 1.29 is 14.3 Å². The largest absolute Gasteiger partial charge is 0.493 e. The summed E-state index contributed by atoms with van der Waals surface area (Å²) in [5.41, 5.74) is 5.07. The van der Waals surface area contributed by atoms with Crippen LogP contribution in [0.5, 0.6) is 11.5 Å². The number of carbonyl (C=O) groups is 1. The minimum Gasteiger partial charge on any atom is -0.493 e. The molecule has 6 nitrogen and oxygen atoms in total. The molecule has 0 saturated heterocycles. The molecule has 2 saturated carbocycles. The number of amides is 1. The third kappa shape index (κ3) is 8.02. The van der Waals surface area contributed by atoms with Crippen LogP contribution in [0.2, 0.25) is 5.02 Å². The van der Waals surface area contributed by atoms with Gasteiger partial charge in [-0.25, -0.2) is 4.98 Å². The molecule has 41 heavy (non-hydrogen) atoms. The van der Waals surface area contributed by atoms with Crippen LogP contribution in [0.4, 0.5) is 0 Å². The lowest BCUT2D eigenvalue weighted by molar-refractivity contribution is 0.0923. The summed E-state index contributed by atoms with van der Waals surface area (Å²) in [6, 6.07) is 16.0. The van der Waals surface area contributed by atoms with E-state index in [0.717, 1.165) is 79.0 Å². The average Bonchev–Trinajstić information content (AvgIpc) is 3.81. The second kappa shape index (κ2) is 13.7. The van der Waals surface area contributed by atoms with Crippen molar-refractivity contribution in [2.45, 2.75) is 64.3 Å². The molecule has 0 unspecified atom stereocenters. The van der Waals surface area contributed by atoms with Gasteiger partial charge in [0, 0.05) is 23.7 Å². The van der Waals surface area contributed by atoms with E-state index >= 15 is 0 Å². The molecule has 2 aromatic carbocycles. The van der Waals surface area contributed by atoms with E-state index in [2.05, 4.69) is 29.3 Å². The van der Waals surface area contributed by atoms with Crippen LogP contribution < -0.4 is 14.8 Å². The van der Waals surface area contributed by atoms with Crippen LogP contribution in [0, 0.1) is 12.8 Å². The molecule has 1 amide bonds. The molecule has 5 rings (SSSR count). The molecule has 1 N–H and O–H groups in total. The standard InChI is InChI=1S/C34H42ClN3O3/c1-23-10-14-27(41-22-24-11-12-24)21-29(23)28-15-17-31(34(39)36-26-8-5-4-6-9-26)37-33(28)25-13-16-30(35)32(20-25)40-19-7-18-38(2)3/h10,13-17,20-21,24,26H,4-9,11-12,18-19,22H2,1-3H3,(H,36,39). The number of hydrogen-bond acceptors (Lipinski definition) is 5. The number of hydrogen-bond donors (Lipinski definition) is 1. The first-order chi connectivity index (χ1) is 19.9. The zero-order chi connectivity index (χ0) is 28.8. The molecular weight excluding hydrogens is 534 g/mol. The minimum absolute atomic E-state index is 0.128. The van der Waals surface area contributed by atoms with Crippen molar-refractivity contribution >= 4 is 17.5 Å². The van der Waals surface area contributed by atoms with Crippen molar-refractivity contribution in [3.8, 4) is 33.9 Å². The van der Waals surface area contributed by atoms with Crippen molar-refractivity contribution in [1.82, 2.24) is 15.2 Å². The maximum absolute atomic E-state index is 13.3. The summed E-state index contributed by atoms with van der Waals surface area (Å²) in [6.45, 7) is 4.33. The van der Waals surface area contributed by atoms with Crippen LogP contribution >= 0.6 is 11.6 Å². The molecule has 0 aliphatic heterocycles. The highest BCUT2D eigenvalue weighted by Crippen LogP contribution is 2.38. The number of benzene rings is 2. The molecule has 1 aromatic heterocycles. The highest BCUT2D eigenvalue weighted by Gasteiger charge is 2.23. The van der Waals surface area contributed by atoms with Crippen molar-refractivity contribution in [3.05, 3.63) is 64.8 Å². The van der Waals surface area contributed by atoms with Gasteiger partial charge in [-0.05, 0) is 107 Å². The smallest absolute Gasteiger partial charge is 0.270 e. The topological polar surface area (TPSA) is 63.7 Å². The lowest BCUT2D eigenvalue weighted by atomic mass is 9.94. The van der Waals surface area contributed by atoms with Gasteiger partial charge in [0.05, 0.1) is 23.9 Å². The number of carbonyl (C=O) groups excluding carboxylic acids is 1. The number of nitrogens with zero attached hydrogens (tertiary/aromatic N) is 2. The van der Waals surface area contributed by atoms with E-state index in [1.807, 2.05) is 50.5 Å². The Kier molecular flexibility index (Phi) is 9.84. The predicted molar refractivity (Wildman–Crippen MR) is 166 cm³/mol. The lowest BCUT2D eigenvalue weighted by Gasteiger charge is -2.23. The van der Waals surface area contributed by atoms with E-state index < -0.39 is 0 Å². The molecule has 0 spiro atoms. The van der Waals surface area contributed by atoms with Gasteiger partial charge in [0.1, 0.15) is 17.2 Å². The summed E-state index contributed by atoms with van der Waals surface area (Å²) in [5.74, 6) is 2.01. The van der Waals surface area contributed by atoms with Gasteiger partial charge in [0.2, 0.25) is 0 Å². The molecule has 0 bridgehead atoms. The lowest BCUT2D eigenvalue weighted by Crippen LogP contribution is -2.36. The molecule has 3 aromatic rings. The Morgan fingerprint density at radius 3 is 2.54 bits per heavy atom. The van der Waals surface area contributed by atoms with Gasteiger partial charge in [-0.1, -0.05) is 43.0 Å². The van der Waals surface area contributed by atoms with Crippen LogP contribution in [-0.2, 0) is 0 Å². The van der Waals surface area contributed by atoms with E-state index in [9.17, 15) is 4.79 Å². The van der Waals surface area contributed by atoms with Gasteiger partial charge < -0.3 is 19.7 Å². The fourth-order valence-electron chi connectivity index (χ4n) is 5.33. The minimum atomic E-state index is -0.128. The Labute approximate surface area is 249 Å². The highest BCUT2D eigenvalue weighted by atomic mass is 35.5. The molecule has 218 valence electrons. The number of pyridine rings is 1. The monoisotopic (exact) mass is 575 g/mol. The van der Waals surface area contributed by atoms with Crippen molar-refractivity contribution in [1.29, 1.82) is 0 Å². The van der Waals surface area contributed by atoms with E-state index in [4.69, 9.17) is 26.1 Å². The first-order valence-corrected chi connectivity index (χ1v) is 15.4. The molecule has 2 aliphatic carbocycles. The molecule has 1 heterocycles. The summed E-state index contributed by atoms with van der Waals surface area (Å²) < 4.78 is 12.2. The first-order valence-electron chi connectivity index (χ1n) is 15.0. The number of ether oxygens (including phenoxy) is 2.